The maximum atomic E-state index is 13.2. The zero-order valence-electron chi connectivity index (χ0n) is 19.7. The number of nitrogens with one attached hydrogen (secondary N) is 2. The molecular weight excluding hydrogens is 461 g/mol. The number of aryl methyl sites for hydroxylation is 1. The molecule has 184 valence electrons. The first-order valence-electron chi connectivity index (χ1n) is 11.5. The second kappa shape index (κ2) is 10.1. The van der Waals surface area contributed by atoms with Gasteiger partial charge in [0.25, 0.3) is 0 Å². The fraction of sp³-hybridized carbons (Fsp3) is 0.240. The van der Waals surface area contributed by atoms with E-state index in [9.17, 15) is 9.50 Å². The van der Waals surface area contributed by atoms with Crippen LogP contribution in [0.25, 0.3) is 11.1 Å². The van der Waals surface area contributed by atoms with Crippen molar-refractivity contribution in [2.45, 2.75) is 6.10 Å². The Kier molecular flexibility index (Phi) is 6.54. The molecule has 0 saturated carbocycles. The number of aromatic amines is 1. The van der Waals surface area contributed by atoms with Crippen molar-refractivity contribution in [3.05, 3.63) is 84.0 Å². The molecule has 4 aromatic rings. The Balaban J connectivity index is 1.24. The van der Waals surface area contributed by atoms with E-state index in [1.54, 1.807) is 29.2 Å². The first-order chi connectivity index (χ1) is 17.5. The normalized spacial score (nSPS) is 15.2. The van der Waals surface area contributed by atoms with E-state index in [0.717, 1.165) is 23.2 Å². The molecule has 0 unspecified atom stereocenters. The van der Waals surface area contributed by atoms with Gasteiger partial charge >= 0.3 is 0 Å². The number of hydrogen-bond acceptors (Lipinski definition) is 6. The summed E-state index contributed by atoms with van der Waals surface area (Å²) in [6.45, 7) is 2.70. The third-order valence-corrected chi connectivity index (χ3v) is 6.17. The largest absolute Gasteiger partial charge is 0.384 e. The van der Waals surface area contributed by atoms with Gasteiger partial charge in [-0.2, -0.15) is 5.10 Å². The van der Waals surface area contributed by atoms with E-state index in [-0.39, 0.29) is 5.82 Å². The Morgan fingerprint density at radius 1 is 1.08 bits per heavy atom. The third-order valence-electron chi connectivity index (χ3n) is 6.17. The van der Waals surface area contributed by atoms with Gasteiger partial charge in [-0.3, -0.25) is 10.1 Å². The number of aliphatic imine (C=N–C) groups is 1. The number of nitrogens with zero attached hydrogens (tertiary/aromatic N) is 7. The molecule has 1 aliphatic rings. The molecule has 3 N–H and O–H groups in total. The molecule has 0 amide bonds. The number of piperazine rings is 1. The zero-order valence-corrected chi connectivity index (χ0v) is 19.7. The SMILES string of the molecule is Cn1cc(-c2c[nH]c(/C(=N\C=N)N3CCN(c4ncc([C@@H](O)c5ccc(F)cc5)cn4)CC3)c2)cn1. The van der Waals surface area contributed by atoms with Gasteiger partial charge in [0.05, 0.1) is 11.9 Å². The van der Waals surface area contributed by atoms with Crippen molar-refractivity contribution >= 4 is 18.1 Å². The topological polar surface area (TPSA) is 122 Å². The average molecular weight is 488 g/mol. The molecule has 11 heteroatoms. The lowest BCUT2D eigenvalue weighted by Gasteiger charge is -2.36. The van der Waals surface area contributed by atoms with E-state index < -0.39 is 6.10 Å². The molecule has 1 fully saturated rings. The van der Waals surface area contributed by atoms with Crippen LogP contribution in [0.1, 0.15) is 22.9 Å². The highest BCUT2D eigenvalue weighted by atomic mass is 19.1. The molecule has 1 atom stereocenters. The number of hydrogen-bond donors (Lipinski definition) is 3. The van der Waals surface area contributed by atoms with Crippen LogP contribution in [0.3, 0.4) is 0 Å². The van der Waals surface area contributed by atoms with E-state index in [2.05, 4.69) is 34.8 Å². The minimum absolute atomic E-state index is 0.351. The van der Waals surface area contributed by atoms with E-state index in [1.165, 1.54) is 12.1 Å². The number of aliphatic hydroxyl groups is 1. The lowest BCUT2D eigenvalue weighted by Crippen LogP contribution is -2.49. The third kappa shape index (κ3) is 4.86. The van der Waals surface area contributed by atoms with Gasteiger partial charge in [-0.25, -0.2) is 19.4 Å². The standard InChI is InChI=1S/C25H26FN9O/c1-33-15-20(14-32-33)18-10-22(28-11-18)24(31-16-27)34-6-8-35(9-7-34)25-29-12-19(13-30-25)23(36)17-2-4-21(26)5-3-17/h2-5,10-16,23,27-28,36H,6-9H2,1H3/b27-16?,31-24+/t23-/m0/s1. The molecule has 3 aromatic heterocycles. The zero-order chi connectivity index (χ0) is 25.1. The van der Waals surface area contributed by atoms with Crippen LogP contribution in [0.15, 0.2) is 66.3 Å². The molecule has 1 aromatic carbocycles. The number of amidine groups is 1. The van der Waals surface area contributed by atoms with Gasteiger partial charge in [-0.05, 0) is 23.8 Å². The Morgan fingerprint density at radius 2 is 1.81 bits per heavy atom. The van der Waals surface area contributed by atoms with Crippen LogP contribution in [0.2, 0.25) is 0 Å². The van der Waals surface area contributed by atoms with E-state index >= 15 is 0 Å². The summed E-state index contributed by atoms with van der Waals surface area (Å²) < 4.78 is 14.9. The maximum absolute atomic E-state index is 13.2. The fourth-order valence-electron chi connectivity index (χ4n) is 4.23. The first kappa shape index (κ1) is 23.4. The van der Waals surface area contributed by atoms with Crippen molar-refractivity contribution in [2.75, 3.05) is 31.1 Å². The first-order valence-corrected chi connectivity index (χ1v) is 11.5. The minimum atomic E-state index is -0.922. The summed E-state index contributed by atoms with van der Waals surface area (Å²) in [5.41, 5.74) is 3.96. The summed E-state index contributed by atoms with van der Waals surface area (Å²) in [4.78, 5) is 20.7. The number of halogens is 1. The van der Waals surface area contributed by atoms with Crippen molar-refractivity contribution in [1.29, 1.82) is 5.41 Å². The van der Waals surface area contributed by atoms with Gasteiger partial charge in [0.2, 0.25) is 5.95 Å². The van der Waals surface area contributed by atoms with Gasteiger partial charge in [0.1, 0.15) is 18.3 Å². The van der Waals surface area contributed by atoms with Gasteiger partial charge in [-0.1, -0.05) is 12.1 Å². The molecule has 0 spiro atoms. The van der Waals surface area contributed by atoms with Gasteiger partial charge in [-0.15, -0.1) is 0 Å². The summed E-state index contributed by atoms with van der Waals surface area (Å²) in [6, 6.07) is 7.74. The highest BCUT2D eigenvalue weighted by molar-refractivity contribution is 6.01. The van der Waals surface area contributed by atoms with Crippen molar-refractivity contribution < 1.29 is 9.50 Å². The summed E-state index contributed by atoms with van der Waals surface area (Å²) in [6.07, 6.45) is 9.01. The van der Waals surface area contributed by atoms with Crippen LogP contribution in [0.4, 0.5) is 10.3 Å². The molecular formula is C25H26FN9O. The smallest absolute Gasteiger partial charge is 0.225 e. The van der Waals surface area contributed by atoms with Crippen molar-refractivity contribution in [2.24, 2.45) is 12.0 Å². The maximum Gasteiger partial charge on any atom is 0.225 e. The molecule has 36 heavy (non-hydrogen) atoms. The number of aliphatic hydroxyl groups excluding tert-OH is 1. The summed E-state index contributed by atoms with van der Waals surface area (Å²) in [7, 11) is 1.88. The Labute approximate surface area is 207 Å². The number of aromatic nitrogens is 5. The quantitative estimate of drug-likeness (QED) is 0.284. The second-order valence-corrected chi connectivity index (χ2v) is 8.53. The molecule has 0 bridgehead atoms. The van der Waals surface area contributed by atoms with Crippen molar-refractivity contribution in [1.82, 2.24) is 29.6 Å². The summed E-state index contributed by atoms with van der Waals surface area (Å²) >= 11 is 0. The fourth-order valence-corrected chi connectivity index (χ4v) is 4.23. The van der Waals surface area contributed by atoms with Crippen LogP contribution >= 0.6 is 0 Å². The van der Waals surface area contributed by atoms with Crippen molar-refractivity contribution in [3.8, 4) is 11.1 Å². The highest BCUT2D eigenvalue weighted by Gasteiger charge is 2.24. The van der Waals surface area contributed by atoms with Gasteiger partial charge in [0, 0.05) is 74.7 Å². The number of anilines is 1. The lowest BCUT2D eigenvalue weighted by molar-refractivity contribution is 0.219. The predicted octanol–water partition coefficient (Wildman–Crippen LogP) is 2.60. The highest BCUT2D eigenvalue weighted by Crippen LogP contribution is 2.23. The Bertz CT molecular complexity index is 1350. The molecule has 1 saturated heterocycles. The molecule has 0 radical (unpaired) electrons. The molecule has 10 nitrogen and oxygen atoms in total. The van der Waals surface area contributed by atoms with Crippen LogP contribution in [-0.4, -0.2) is 73.1 Å². The van der Waals surface area contributed by atoms with Gasteiger partial charge in [0.15, 0.2) is 5.84 Å². The monoisotopic (exact) mass is 487 g/mol. The molecule has 1 aliphatic heterocycles. The van der Waals surface area contributed by atoms with E-state index in [0.29, 0.717) is 49.1 Å². The number of H-pyrrole nitrogens is 1. The van der Waals surface area contributed by atoms with E-state index in [1.807, 2.05) is 31.7 Å². The molecule has 0 aliphatic carbocycles. The molecule has 5 rings (SSSR count). The minimum Gasteiger partial charge on any atom is -0.384 e. The van der Waals surface area contributed by atoms with Crippen LogP contribution < -0.4 is 4.90 Å². The second-order valence-electron chi connectivity index (χ2n) is 8.53. The summed E-state index contributed by atoms with van der Waals surface area (Å²) in [5, 5.41) is 22.3. The average Bonchev–Trinajstić information content (AvgIpc) is 3.57. The number of rotatable bonds is 6. The number of benzene rings is 1. The van der Waals surface area contributed by atoms with Crippen LogP contribution in [0, 0.1) is 11.2 Å². The summed E-state index contributed by atoms with van der Waals surface area (Å²) in [5.74, 6) is 0.933. The van der Waals surface area contributed by atoms with Crippen LogP contribution in [-0.2, 0) is 7.05 Å². The molecule has 4 heterocycles. The Morgan fingerprint density at radius 3 is 2.44 bits per heavy atom. The van der Waals surface area contributed by atoms with Crippen LogP contribution in [0.5, 0.6) is 0 Å². The van der Waals surface area contributed by atoms with E-state index in [4.69, 9.17) is 5.41 Å². The Hall–Kier alpha value is -4.38. The van der Waals surface area contributed by atoms with Crippen molar-refractivity contribution in [3.63, 3.8) is 0 Å². The van der Waals surface area contributed by atoms with Gasteiger partial charge < -0.3 is 19.9 Å². The lowest BCUT2D eigenvalue weighted by atomic mass is 10.0. The predicted molar refractivity (Wildman–Crippen MR) is 135 cm³/mol.